The van der Waals surface area contributed by atoms with Crippen molar-refractivity contribution >= 4 is 49.3 Å². The van der Waals surface area contributed by atoms with Gasteiger partial charge in [-0.2, -0.15) is 0 Å². The number of nitrogens with one attached hydrogen (secondary N) is 1. The van der Waals surface area contributed by atoms with E-state index in [2.05, 4.69) is 95.1 Å². The predicted molar refractivity (Wildman–Crippen MR) is 439 cm³/mol. The molecule has 0 bridgehead atoms. The summed E-state index contributed by atoms with van der Waals surface area (Å²) in [5.41, 5.74) is 7.47. The number of likely N-dealkylation sites (tertiary alicyclic amines) is 4. The molecule has 6 aromatic carbocycles. The molecule has 11 rings (SSSR count). The fraction of sp³-hybridized carbons (Fsp3) is 0.522. The molecule has 3 amide bonds. The number of carbonyl (C=O) groups is 7. The van der Waals surface area contributed by atoms with E-state index < -0.39 is 0 Å². The number of carbonyl (C=O) groups excluding carboxylic acids is 7. The molecular formula is C90H136BLiN5O9. The van der Waals surface area contributed by atoms with E-state index in [0.717, 1.165) is 51.4 Å². The van der Waals surface area contributed by atoms with E-state index >= 15 is 0 Å². The van der Waals surface area contributed by atoms with Crippen molar-refractivity contribution in [3.63, 3.8) is 0 Å². The van der Waals surface area contributed by atoms with Crippen molar-refractivity contribution in [3.8, 4) is 0 Å². The number of aliphatic hydroxyl groups excluding tert-OH is 2. The van der Waals surface area contributed by atoms with Gasteiger partial charge in [0.05, 0.1) is 12.2 Å². The Bertz CT molecular complexity index is 3210. The van der Waals surface area contributed by atoms with Crippen LogP contribution in [0.15, 0.2) is 182 Å². The molecule has 6 aromatic rings. The summed E-state index contributed by atoms with van der Waals surface area (Å²) < 4.78 is 0. The van der Waals surface area contributed by atoms with Crippen LogP contribution in [-0.2, 0) is 40.1 Å². The topological polar surface area (TPSA) is 185 Å². The van der Waals surface area contributed by atoms with Gasteiger partial charge in [-0.1, -0.05) is 279 Å². The summed E-state index contributed by atoms with van der Waals surface area (Å²) in [6.45, 7) is 46.3. The monoisotopic (exact) mass is 1450 g/mol. The van der Waals surface area contributed by atoms with Crippen molar-refractivity contribution in [1.29, 1.82) is 0 Å². The number of nitrogens with zero attached hydrogens (tertiary/aromatic N) is 4. The Morgan fingerprint density at radius 3 is 0.925 bits per heavy atom. The summed E-state index contributed by atoms with van der Waals surface area (Å²) in [5.74, 6) is 3.40. The quantitative estimate of drug-likeness (QED) is 0.0783. The molecule has 0 unspecified atom stereocenters. The van der Waals surface area contributed by atoms with Crippen LogP contribution in [0.2, 0.25) is 0 Å². The number of aliphatic hydroxyl groups is 2. The normalized spacial score (nSPS) is 21.0. The number of amides is 3. The zero-order valence-electron chi connectivity index (χ0n) is 70.0. The molecule has 5 fully saturated rings. The molecule has 0 aliphatic carbocycles. The second-order valence-corrected chi connectivity index (χ2v) is 25.9. The Morgan fingerprint density at radius 1 is 0.368 bits per heavy atom. The van der Waals surface area contributed by atoms with Crippen LogP contribution in [0.3, 0.4) is 0 Å². The molecule has 0 saturated carbocycles. The number of hydrogen-bond acceptors (Lipinski definition) is 11. The molecule has 3 radical (unpaired) electrons. The molecule has 14 nitrogen and oxygen atoms in total. The van der Waals surface area contributed by atoms with Crippen LogP contribution >= 0.6 is 0 Å². The van der Waals surface area contributed by atoms with E-state index in [-0.39, 0.29) is 118 Å². The summed E-state index contributed by atoms with van der Waals surface area (Å²) in [6.07, 6.45) is 1.48. The first-order valence-electron chi connectivity index (χ1n) is 39.1. The van der Waals surface area contributed by atoms with Gasteiger partial charge in [0.2, 0.25) is 17.7 Å². The van der Waals surface area contributed by atoms with E-state index in [4.69, 9.17) is 0 Å². The number of rotatable bonds is 16. The van der Waals surface area contributed by atoms with Crippen LogP contribution in [0.25, 0.3) is 0 Å². The summed E-state index contributed by atoms with van der Waals surface area (Å²) in [4.78, 5) is 88.3. The van der Waals surface area contributed by atoms with Gasteiger partial charge < -0.3 is 36.5 Å². The van der Waals surface area contributed by atoms with Gasteiger partial charge >= 0.3 is 18.9 Å². The Labute approximate surface area is 657 Å². The van der Waals surface area contributed by atoms with Crippen LogP contribution in [0.5, 0.6) is 0 Å². The predicted octanol–water partition coefficient (Wildman–Crippen LogP) is 14.2. The largest absolute Gasteiger partial charge is 1.00 e. The molecule has 0 aromatic heterocycles. The third-order valence-corrected chi connectivity index (χ3v) is 19.3. The molecule has 5 heterocycles. The summed E-state index contributed by atoms with van der Waals surface area (Å²) >= 11 is 0. The minimum atomic E-state index is -0.384. The minimum absolute atomic E-state index is 0. The zero-order chi connectivity index (χ0) is 78.3. The number of ketones is 4. The maximum atomic E-state index is 12.0. The molecule has 16 heteroatoms. The fourth-order valence-corrected chi connectivity index (χ4v) is 13.7. The van der Waals surface area contributed by atoms with Crippen molar-refractivity contribution in [2.45, 2.75) is 213 Å². The van der Waals surface area contributed by atoms with Gasteiger partial charge in [0.25, 0.3) is 0 Å². The Hall–Kier alpha value is -7.09. The Morgan fingerprint density at radius 2 is 0.632 bits per heavy atom. The van der Waals surface area contributed by atoms with Crippen molar-refractivity contribution in [2.24, 2.45) is 29.6 Å². The van der Waals surface area contributed by atoms with E-state index in [0.29, 0.717) is 75.3 Å². The number of benzene rings is 6. The smallest absolute Gasteiger partial charge is 1.00 e. The van der Waals surface area contributed by atoms with Crippen LogP contribution in [0.4, 0.5) is 0 Å². The molecule has 5 aliphatic rings. The maximum Gasteiger partial charge on any atom is 1.00 e. The van der Waals surface area contributed by atoms with Crippen LogP contribution in [0, 0.1) is 29.6 Å². The molecule has 3 N–H and O–H groups in total. The standard InChI is InChI=1S/C19H21NO.2C15H21NO2.C15H19NO2.C12H15NO.C4H8O.5C2H6.B.Li.H/c1-15(21)18-13-20(12-16-8-4-2-5-9-16)14-19(18)17-10-6-3-7-11-17;3*1-3-15(18)16-9-13(11(2)17)14(10-16)12-7-5-4-6-8-12;1-9(14)11-7-13-8-12(11)10-5-3-2-4-6-10;1-3-4(2)5;5*1-2;;;/h2-11,18-19H,12-14H2,1H3;2*4-8,11,13-14,17H,3,9-10H2,1-2H3;4-8,13-14H,3,9-10H2,1-2H3;2-6,11-13H,7-8H2,1H3;3H2,1-2H3;5*1-2H3;;;/q;;;;;;;;;;;;+1;-1/t18-,19-;11-,13+,14+;11-,13-,14-;13-,14-;11-,12-;;;;;;;;;/m01000........./s1. The zero-order valence-corrected chi connectivity index (χ0v) is 69.0. The number of hydrogen-bond donors (Lipinski definition) is 3. The van der Waals surface area contributed by atoms with E-state index in [1.165, 1.54) is 27.8 Å². The molecule has 5 aliphatic heterocycles. The molecule has 106 heavy (non-hydrogen) atoms. The van der Waals surface area contributed by atoms with Crippen molar-refractivity contribution < 1.29 is 64.1 Å². The van der Waals surface area contributed by atoms with Gasteiger partial charge in [-0.15, -0.1) is 0 Å². The fourth-order valence-electron chi connectivity index (χ4n) is 13.7. The molecule has 0 spiro atoms. The minimum Gasteiger partial charge on any atom is -1.00 e. The van der Waals surface area contributed by atoms with E-state index in [1.54, 1.807) is 27.7 Å². The van der Waals surface area contributed by atoms with Gasteiger partial charge in [-0.25, -0.2) is 0 Å². The summed E-state index contributed by atoms with van der Waals surface area (Å²) in [5, 5.41) is 23.1. The van der Waals surface area contributed by atoms with Gasteiger partial charge in [0, 0.05) is 165 Å². The molecule has 5 saturated heterocycles. The first kappa shape index (κ1) is 101. The Kier molecular flexibility index (Phi) is 55.2. The third kappa shape index (κ3) is 33.6. The second kappa shape index (κ2) is 58.0. The van der Waals surface area contributed by atoms with E-state index in [9.17, 15) is 43.8 Å². The average Bonchev–Trinajstić information content (AvgIpc) is 1.70. The SMILES string of the molecule is CC.CC.CC.CC.CC.CC(=O)[C@@H]1CN(Cc2ccccc2)C[C@H]1c1ccccc1.CC(=O)[C@@H]1CNC[C@H]1c1ccccc1.CCC(=O)N1C[C@@H](C(C)=O)[C@H](c2ccccc2)C1.CCC(=O)N1C[C@@H]([C@@H](C)O)[C@H](c2ccccc2)C1.CCC(=O)N1C[C@@H]([C@H](C)O)[C@H](c2ccccc2)C1.CCC(C)=O.[B].[H-].[Li+]. The van der Waals surface area contributed by atoms with Gasteiger partial charge in [0.15, 0.2) is 0 Å². The van der Waals surface area contributed by atoms with Gasteiger partial charge in [0.1, 0.15) is 23.1 Å². The van der Waals surface area contributed by atoms with Crippen molar-refractivity contribution in [2.75, 3.05) is 65.4 Å². The van der Waals surface area contributed by atoms with Crippen LogP contribution in [0.1, 0.15) is 229 Å². The molecule has 579 valence electrons. The second-order valence-electron chi connectivity index (χ2n) is 25.9. The third-order valence-electron chi connectivity index (χ3n) is 19.3. The summed E-state index contributed by atoms with van der Waals surface area (Å²) in [6, 6.07) is 61.6. The first-order valence-corrected chi connectivity index (χ1v) is 39.1. The van der Waals surface area contributed by atoms with Crippen LogP contribution < -0.4 is 24.2 Å². The van der Waals surface area contributed by atoms with Crippen molar-refractivity contribution in [1.82, 2.24) is 24.9 Å². The van der Waals surface area contributed by atoms with Gasteiger partial charge in [-0.05, 0) is 74.9 Å². The molecule has 12 atom stereocenters. The van der Waals surface area contributed by atoms with Crippen LogP contribution in [-0.4, -0.2) is 157 Å². The summed E-state index contributed by atoms with van der Waals surface area (Å²) in [7, 11) is 0. The first-order chi connectivity index (χ1) is 50.2. The number of Topliss-reactive ketones (excluding diaryl/α,β-unsaturated/α-hetero) is 4. The Balaban J connectivity index is -0.00000120. The van der Waals surface area contributed by atoms with E-state index in [1.807, 2.05) is 223 Å². The maximum absolute atomic E-state index is 12.0. The molecular weight excluding hydrogens is 1310 g/mol. The van der Waals surface area contributed by atoms with Gasteiger partial charge in [-0.3, -0.25) is 33.7 Å². The van der Waals surface area contributed by atoms with Crippen molar-refractivity contribution in [3.05, 3.63) is 215 Å². The average molecular weight is 1450 g/mol.